The van der Waals surface area contributed by atoms with Crippen LogP contribution in [-0.4, -0.2) is 10.2 Å². The lowest BCUT2D eigenvalue weighted by atomic mass is 9.98. The number of rotatable bonds is 3. The first kappa shape index (κ1) is 12.6. The summed E-state index contributed by atoms with van der Waals surface area (Å²) in [5.74, 6) is 0.445. The van der Waals surface area contributed by atoms with E-state index in [4.69, 9.17) is 17.3 Å². The quantitative estimate of drug-likeness (QED) is 0.920. The van der Waals surface area contributed by atoms with Gasteiger partial charge >= 0.3 is 0 Å². The van der Waals surface area contributed by atoms with Crippen LogP contribution in [0.2, 0.25) is 0 Å². The van der Waals surface area contributed by atoms with Crippen molar-refractivity contribution in [2.24, 2.45) is 0 Å². The Labute approximate surface area is 111 Å². The van der Waals surface area contributed by atoms with E-state index in [2.05, 4.69) is 16.3 Å². The van der Waals surface area contributed by atoms with Crippen LogP contribution in [0, 0.1) is 6.92 Å². The van der Waals surface area contributed by atoms with Crippen LogP contribution < -0.4 is 5.73 Å². The van der Waals surface area contributed by atoms with Crippen molar-refractivity contribution in [1.82, 2.24) is 10.2 Å². The standard InChI is InChI=1S/C14H14ClN3/c1-10-4-2-5-11(8-10)13-12(6-3-7-15)9-17-18-14(13)16/h2-5,7-9H,6H2,1H3,(H2,16,18)/b7-3-. The molecule has 0 unspecified atom stereocenters. The number of allylic oxidation sites excluding steroid dienone is 1. The molecule has 18 heavy (non-hydrogen) atoms. The van der Waals surface area contributed by atoms with Crippen LogP contribution in [-0.2, 0) is 6.42 Å². The molecule has 4 heteroatoms. The maximum atomic E-state index is 5.94. The summed E-state index contributed by atoms with van der Waals surface area (Å²) < 4.78 is 0. The van der Waals surface area contributed by atoms with Gasteiger partial charge in [0.2, 0.25) is 0 Å². The predicted molar refractivity (Wildman–Crippen MR) is 75.3 cm³/mol. The molecule has 3 nitrogen and oxygen atoms in total. The number of hydrogen-bond donors (Lipinski definition) is 1. The third-order valence-corrected chi connectivity index (χ3v) is 2.87. The van der Waals surface area contributed by atoms with Crippen LogP contribution in [0.1, 0.15) is 11.1 Å². The summed E-state index contributed by atoms with van der Waals surface area (Å²) in [5.41, 5.74) is 11.6. The second-order valence-corrected chi connectivity index (χ2v) is 4.32. The van der Waals surface area contributed by atoms with Crippen molar-refractivity contribution < 1.29 is 0 Å². The lowest BCUT2D eigenvalue weighted by Crippen LogP contribution is -2.01. The number of aromatic nitrogens is 2. The highest BCUT2D eigenvalue weighted by Gasteiger charge is 2.10. The molecular formula is C14H14ClN3. The molecule has 1 aromatic heterocycles. The van der Waals surface area contributed by atoms with E-state index in [9.17, 15) is 0 Å². The van der Waals surface area contributed by atoms with Crippen molar-refractivity contribution >= 4 is 17.4 Å². The van der Waals surface area contributed by atoms with Crippen molar-refractivity contribution in [3.63, 3.8) is 0 Å². The number of aryl methyl sites for hydroxylation is 1. The van der Waals surface area contributed by atoms with E-state index in [-0.39, 0.29) is 0 Å². The fraction of sp³-hybridized carbons (Fsp3) is 0.143. The van der Waals surface area contributed by atoms with Gasteiger partial charge in [-0.1, -0.05) is 47.5 Å². The molecule has 92 valence electrons. The third-order valence-electron chi connectivity index (χ3n) is 2.69. The third kappa shape index (κ3) is 2.68. The Bertz CT molecular complexity index is 579. The van der Waals surface area contributed by atoms with Gasteiger partial charge in [-0.05, 0) is 24.5 Å². The summed E-state index contributed by atoms with van der Waals surface area (Å²) in [4.78, 5) is 0. The first-order valence-electron chi connectivity index (χ1n) is 5.64. The molecule has 0 amide bonds. The summed E-state index contributed by atoms with van der Waals surface area (Å²) in [5, 5.41) is 7.82. The fourth-order valence-electron chi connectivity index (χ4n) is 1.90. The van der Waals surface area contributed by atoms with Crippen molar-refractivity contribution in [1.29, 1.82) is 0 Å². The van der Waals surface area contributed by atoms with E-state index in [0.717, 1.165) is 16.7 Å². The van der Waals surface area contributed by atoms with Gasteiger partial charge in [0.15, 0.2) is 5.82 Å². The summed E-state index contributed by atoms with van der Waals surface area (Å²) in [6, 6.07) is 8.16. The molecule has 0 aliphatic carbocycles. The molecule has 0 saturated carbocycles. The van der Waals surface area contributed by atoms with Crippen molar-refractivity contribution in [3.8, 4) is 11.1 Å². The second kappa shape index (κ2) is 5.65. The molecule has 2 N–H and O–H groups in total. The lowest BCUT2D eigenvalue weighted by Gasteiger charge is -2.10. The summed E-state index contributed by atoms with van der Waals surface area (Å²) in [6.07, 6.45) is 4.27. The van der Waals surface area contributed by atoms with Crippen LogP contribution in [0.4, 0.5) is 5.82 Å². The Kier molecular flexibility index (Phi) is 3.95. The van der Waals surface area contributed by atoms with Gasteiger partial charge in [0.1, 0.15) is 0 Å². The number of nitrogen functional groups attached to an aromatic ring is 1. The normalized spacial score (nSPS) is 11.0. The van der Waals surface area contributed by atoms with Gasteiger partial charge in [-0.15, -0.1) is 5.10 Å². The van der Waals surface area contributed by atoms with Crippen molar-refractivity contribution in [2.75, 3.05) is 5.73 Å². The first-order valence-corrected chi connectivity index (χ1v) is 6.08. The second-order valence-electron chi connectivity index (χ2n) is 4.07. The zero-order valence-electron chi connectivity index (χ0n) is 10.1. The minimum atomic E-state index is 0.445. The minimum Gasteiger partial charge on any atom is -0.382 e. The maximum Gasteiger partial charge on any atom is 0.154 e. The van der Waals surface area contributed by atoms with Gasteiger partial charge in [-0.2, -0.15) is 5.10 Å². The molecule has 0 radical (unpaired) electrons. The Hall–Kier alpha value is -1.87. The van der Waals surface area contributed by atoms with Crippen molar-refractivity contribution in [3.05, 3.63) is 53.2 Å². The van der Waals surface area contributed by atoms with Gasteiger partial charge in [0.25, 0.3) is 0 Å². The molecule has 2 aromatic rings. The molecular weight excluding hydrogens is 246 g/mol. The largest absolute Gasteiger partial charge is 0.382 e. The van der Waals surface area contributed by atoms with E-state index in [1.807, 2.05) is 31.2 Å². The molecule has 1 aromatic carbocycles. The molecule has 0 bridgehead atoms. The molecule has 0 fully saturated rings. The summed E-state index contributed by atoms with van der Waals surface area (Å²) in [7, 11) is 0. The van der Waals surface area contributed by atoms with Gasteiger partial charge < -0.3 is 5.73 Å². The minimum absolute atomic E-state index is 0.445. The molecule has 0 aliphatic rings. The van der Waals surface area contributed by atoms with Gasteiger partial charge in [0, 0.05) is 11.1 Å². The van der Waals surface area contributed by atoms with Crippen molar-refractivity contribution in [2.45, 2.75) is 13.3 Å². The smallest absolute Gasteiger partial charge is 0.154 e. The Balaban J connectivity index is 2.54. The number of hydrogen-bond acceptors (Lipinski definition) is 3. The Morgan fingerprint density at radius 1 is 1.39 bits per heavy atom. The maximum absolute atomic E-state index is 5.94. The molecule has 0 spiro atoms. The van der Waals surface area contributed by atoms with Gasteiger partial charge in [0.05, 0.1) is 6.20 Å². The van der Waals surface area contributed by atoms with E-state index in [0.29, 0.717) is 12.2 Å². The Morgan fingerprint density at radius 2 is 2.22 bits per heavy atom. The van der Waals surface area contributed by atoms with E-state index in [1.54, 1.807) is 6.20 Å². The predicted octanol–water partition coefficient (Wildman–Crippen LogP) is 3.33. The monoisotopic (exact) mass is 259 g/mol. The van der Waals surface area contributed by atoms with Crippen LogP contribution in [0.25, 0.3) is 11.1 Å². The topological polar surface area (TPSA) is 51.8 Å². The summed E-state index contributed by atoms with van der Waals surface area (Å²) >= 11 is 5.57. The highest BCUT2D eigenvalue weighted by atomic mass is 35.5. The zero-order chi connectivity index (χ0) is 13.0. The van der Waals surface area contributed by atoms with E-state index in [1.165, 1.54) is 11.1 Å². The average molecular weight is 260 g/mol. The highest BCUT2D eigenvalue weighted by Crippen LogP contribution is 2.28. The molecule has 1 heterocycles. The highest BCUT2D eigenvalue weighted by molar-refractivity contribution is 6.25. The molecule has 0 atom stereocenters. The fourth-order valence-corrected chi connectivity index (χ4v) is 1.99. The van der Waals surface area contributed by atoms with E-state index < -0.39 is 0 Å². The number of benzene rings is 1. The van der Waals surface area contributed by atoms with E-state index >= 15 is 0 Å². The summed E-state index contributed by atoms with van der Waals surface area (Å²) in [6.45, 7) is 2.05. The lowest BCUT2D eigenvalue weighted by molar-refractivity contribution is 1.01. The zero-order valence-corrected chi connectivity index (χ0v) is 10.9. The number of nitrogens with zero attached hydrogens (tertiary/aromatic N) is 2. The molecule has 2 rings (SSSR count). The van der Waals surface area contributed by atoms with Gasteiger partial charge in [-0.3, -0.25) is 0 Å². The molecule has 0 aliphatic heterocycles. The molecule has 0 saturated heterocycles. The van der Waals surface area contributed by atoms with Crippen LogP contribution in [0.3, 0.4) is 0 Å². The average Bonchev–Trinajstić information content (AvgIpc) is 2.36. The van der Waals surface area contributed by atoms with Crippen LogP contribution in [0.15, 0.2) is 42.1 Å². The van der Waals surface area contributed by atoms with Crippen LogP contribution in [0.5, 0.6) is 0 Å². The van der Waals surface area contributed by atoms with Gasteiger partial charge in [-0.25, -0.2) is 0 Å². The number of nitrogens with two attached hydrogens (primary N) is 1. The first-order chi connectivity index (χ1) is 8.72. The number of halogens is 1. The number of anilines is 1. The van der Waals surface area contributed by atoms with Crippen LogP contribution >= 0.6 is 11.6 Å². The Morgan fingerprint density at radius 3 is 2.94 bits per heavy atom. The SMILES string of the molecule is Cc1cccc(-c2c(C/C=C\Cl)cnnc2N)c1.